The van der Waals surface area contributed by atoms with Gasteiger partial charge < -0.3 is 9.47 Å². The van der Waals surface area contributed by atoms with Crippen LogP contribution in [-0.4, -0.2) is 25.4 Å². The molecule has 0 aromatic carbocycles. The van der Waals surface area contributed by atoms with Crippen LogP contribution in [0.3, 0.4) is 0 Å². The molecule has 142 valence electrons. The zero-order chi connectivity index (χ0) is 17.4. The fourth-order valence-electron chi connectivity index (χ4n) is 4.74. The van der Waals surface area contributed by atoms with Gasteiger partial charge in [-0.2, -0.15) is 0 Å². The van der Waals surface area contributed by atoms with Gasteiger partial charge in [0.15, 0.2) is 0 Å². The smallest absolute Gasteiger partial charge is 0.0605 e. The molecule has 2 fully saturated rings. The van der Waals surface area contributed by atoms with Crippen molar-refractivity contribution in [2.45, 2.75) is 104 Å². The molecule has 4 unspecified atom stereocenters. The average Bonchev–Trinajstić information content (AvgIpc) is 2.60. The van der Waals surface area contributed by atoms with Crippen molar-refractivity contribution >= 4 is 0 Å². The number of hydrogen-bond donors (Lipinski definition) is 0. The molecule has 0 saturated heterocycles. The van der Waals surface area contributed by atoms with Gasteiger partial charge in [-0.05, 0) is 55.8 Å². The Morgan fingerprint density at radius 1 is 0.708 bits per heavy atom. The Morgan fingerprint density at radius 2 is 1.29 bits per heavy atom. The monoisotopic (exact) mass is 338 g/mol. The Kier molecular flexibility index (Phi) is 9.11. The van der Waals surface area contributed by atoms with Crippen LogP contribution in [-0.2, 0) is 9.47 Å². The summed E-state index contributed by atoms with van der Waals surface area (Å²) in [4.78, 5) is 0. The zero-order valence-electron chi connectivity index (χ0n) is 16.8. The molecule has 0 N–H and O–H groups in total. The van der Waals surface area contributed by atoms with Crippen LogP contribution in [0, 0.1) is 23.7 Å². The maximum atomic E-state index is 6.42. The lowest BCUT2D eigenvalue weighted by Gasteiger charge is -2.40. The van der Waals surface area contributed by atoms with E-state index in [-0.39, 0.29) is 0 Å². The molecule has 0 aliphatic heterocycles. The Bertz CT molecular complexity index is 322. The van der Waals surface area contributed by atoms with E-state index < -0.39 is 0 Å². The molecule has 4 atom stereocenters. The summed E-state index contributed by atoms with van der Waals surface area (Å²) in [5.74, 6) is 3.07. The molecule has 24 heavy (non-hydrogen) atoms. The van der Waals surface area contributed by atoms with Crippen LogP contribution in [0.1, 0.15) is 91.9 Å². The van der Waals surface area contributed by atoms with Crippen molar-refractivity contribution in [3.63, 3.8) is 0 Å². The van der Waals surface area contributed by atoms with E-state index in [2.05, 4.69) is 27.7 Å². The van der Waals surface area contributed by atoms with Gasteiger partial charge in [0.25, 0.3) is 0 Å². The van der Waals surface area contributed by atoms with Crippen molar-refractivity contribution in [1.29, 1.82) is 0 Å². The molecule has 0 heterocycles. The van der Waals surface area contributed by atoms with E-state index in [4.69, 9.17) is 9.47 Å². The van der Waals surface area contributed by atoms with Gasteiger partial charge in [0.1, 0.15) is 0 Å². The highest BCUT2D eigenvalue weighted by Gasteiger charge is 2.35. The molecule has 0 radical (unpaired) electrons. The number of unbranched alkanes of at least 4 members (excludes halogenated alkanes) is 1. The predicted molar refractivity (Wildman–Crippen MR) is 102 cm³/mol. The highest BCUT2D eigenvalue weighted by Crippen LogP contribution is 2.36. The number of ether oxygens (including phenoxy) is 2. The van der Waals surface area contributed by atoms with E-state index in [0.717, 1.165) is 25.0 Å². The van der Waals surface area contributed by atoms with Gasteiger partial charge in [-0.3, -0.25) is 0 Å². The summed E-state index contributed by atoms with van der Waals surface area (Å²) in [7, 11) is 0. The SMILES string of the molecule is CCCCOC1CCC(OCC2CCC(CCC)CC2)C(C)C1C. The first-order chi connectivity index (χ1) is 11.7. The predicted octanol–water partition coefficient (Wildman–Crippen LogP) is 6.23. The Hall–Kier alpha value is -0.0800. The highest BCUT2D eigenvalue weighted by atomic mass is 16.5. The first kappa shape index (κ1) is 20.2. The minimum absolute atomic E-state index is 0.455. The van der Waals surface area contributed by atoms with Crippen molar-refractivity contribution < 1.29 is 9.47 Å². The molecule has 2 rings (SSSR count). The molecule has 2 nitrogen and oxygen atoms in total. The fraction of sp³-hybridized carbons (Fsp3) is 1.00. The molecule has 2 saturated carbocycles. The van der Waals surface area contributed by atoms with Gasteiger partial charge in [0, 0.05) is 13.2 Å². The zero-order valence-corrected chi connectivity index (χ0v) is 16.8. The molecule has 0 aromatic heterocycles. The lowest BCUT2D eigenvalue weighted by molar-refractivity contribution is -0.0993. The van der Waals surface area contributed by atoms with Gasteiger partial charge in [0.05, 0.1) is 12.2 Å². The third kappa shape index (κ3) is 6.02. The van der Waals surface area contributed by atoms with Crippen LogP contribution in [0.25, 0.3) is 0 Å². The van der Waals surface area contributed by atoms with E-state index in [0.29, 0.717) is 24.0 Å². The summed E-state index contributed by atoms with van der Waals surface area (Å²) >= 11 is 0. The molecule has 2 heteroatoms. The second-order valence-electron chi connectivity index (χ2n) is 8.61. The van der Waals surface area contributed by atoms with E-state index in [1.54, 1.807) is 0 Å². The van der Waals surface area contributed by atoms with Crippen LogP contribution in [0.4, 0.5) is 0 Å². The Balaban J connectivity index is 1.67. The van der Waals surface area contributed by atoms with Crippen LogP contribution in [0.2, 0.25) is 0 Å². The first-order valence-electron chi connectivity index (χ1n) is 10.9. The molecule has 0 aromatic rings. The van der Waals surface area contributed by atoms with Crippen LogP contribution >= 0.6 is 0 Å². The molecule has 2 aliphatic rings. The summed E-state index contributed by atoms with van der Waals surface area (Å²) in [6, 6.07) is 0. The number of rotatable bonds is 9. The van der Waals surface area contributed by atoms with Gasteiger partial charge in [-0.15, -0.1) is 0 Å². The Labute approximate surface area is 151 Å². The van der Waals surface area contributed by atoms with E-state index >= 15 is 0 Å². The van der Waals surface area contributed by atoms with Crippen molar-refractivity contribution in [1.82, 2.24) is 0 Å². The first-order valence-corrected chi connectivity index (χ1v) is 10.9. The largest absolute Gasteiger partial charge is 0.378 e. The van der Waals surface area contributed by atoms with E-state index in [9.17, 15) is 0 Å². The lowest BCUT2D eigenvalue weighted by Crippen LogP contribution is -2.41. The van der Waals surface area contributed by atoms with E-state index in [1.165, 1.54) is 64.2 Å². The molecule has 0 spiro atoms. The van der Waals surface area contributed by atoms with Crippen molar-refractivity contribution in [3.8, 4) is 0 Å². The normalized spacial score (nSPS) is 37.5. The summed E-state index contributed by atoms with van der Waals surface area (Å²) in [5, 5.41) is 0. The fourth-order valence-corrected chi connectivity index (χ4v) is 4.74. The van der Waals surface area contributed by atoms with E-state index in [1.807, 2.05) is 0 Å². The molecule has 0 amide bonds. The summed E-state index contributed by atoms with van der Waals surface area (Å²) in [6.07, 6.45) is 14.1. The maximum absolute atomic E-state index is 6.42. The van der Waals surface area contributed by atoms with Crippen molar-refractivity contribution in [3.05, 3.63) is 0 Å². The molecular formula is C22H42O2. The standard InChI is InChI=1S/C22H42O2/c1-5-7-15-23-21-13-14-22(18(4)17(21)3)24-16-20-11-9-19(8-6-2)10-12-20/h17-22H,5-16H2,1-4H3. The van der Waals surface area contributed by atoms with Crippen molar-refractivity contribution in [2.24, 2.45) is 23.7 Å². The summed E-state index contributed by atoms with van der Waals surface area (Å²) < 4.78 is 12.5. The van der Waals surface area contributed by atoms with Crippen molar-refractivity contribution in [2.75, 3.05) is 13.2 Å². The summed E-state index contributed by atoms with van der Waals surface area (Å²) in [5.41, 5.74) is 0. The Morgan fingerprint density at radius 3 is 1.88 bits per heavy atom. The van der Waals surface area contributed by atoms with Crippen LogP contribution in [0.15, 0.2) is 0 Å². The second-order valence-corrected chi connectivity index (χ2v) is 8.61. The quantitative estimate of drug-likeness (QED) is 0.464. The lowest BCUT2D eigenvalue weighted by atomic mass is 9.77. The van der Waals surface area contributed by atoms with Gasteiger partial charge in [0.2, 0.25) is 0 Å². The maximum Gasteiger partial charge on any atom is 0.0605 e. The minimum Gasteiger partial charge on any atom is -0.378 e. The minimum atomic E-state index is 0.455. The van der Waals surface area contributed by atoms with Gasteiger partial charge in [-0.1, -0.05) is 59.8 Å². The third-order valence-corrected chi connectivity index (χ3v) is 6.78. The molecular weight excluding hydrogens is 296 g/mol. The average molecular weight is 339 g/mol. The number of hydrogen-bond acceptors (Lipinski definition) is 2. The molecule has 2 aliphatic carbocycles. The summed E-state index contributed by atoms with van der Waals surface area (Å²) in [6.45, 7) is 11.2. The van der Waals surface area contributed by atoms with Gasteiger partial charge >= 0.3 is 0 Å². The third-order valence-electron chi connectivity index (χ3n) is 6.78. The highest BCUT2D eigenvalue weighted by molar-refractivity contribution is 4.85. The second kappa shape index (κ2) is 10.8. The molecule has 0 bridgehead atoms. The topological polar surface area (TPSA) is 18.5 Å². The van der Waals surface area contributed by atoms with Gasteiger partial charge in [-0.25, -0.2) is 0 Å². The van der Waals surface area contributed by atoms with Crippen LogP contribution in [0.5, 0.6) is 0 Å². The van der Waals surface area contributed by atoms with Crippen LogP contribution < -0.4 is 0 Å².